The normalized spacial score (nSPS) is 18.6. The number of likely N-dealkylation sites (tertiary alicyclic amines) is 1. The molecule has 0 bridgehead atoms. The van der Waals surface area contributed by atoms with Crippen LogP contribution in [0.4, 0.5) is 0 Å². The Labute approximate surface area is 164 Å². The van der Waals surface area contributed by atoms with Crippen LogP contribution in [0.25, 0.3) is 0 Å². The Morgan fingerprint density at radius 2 is 1.96 bits per heavy atom. The van der Waals surface area contributed by atoms with Gasteiger partial charge >= 0.3 is 0 Å². The molecule has 150 valence electrons. The van der Waals surface area contributed by atoms with Crippen molar-refractivity contribution in [2.24, 2.45) is 5.92 Å². The number of carbonyl (C=O) groups is 1. The van der Waals surface area contributed by atoms with E-state index in [0.29, 0.717) is 37.1 Å². The summed E-state index contributed by atoms with van der Waals surface area (Å²) in [5.41, 5.74) is 2.40. The highest BCUT2D eigenvalue weighted by molar-refractivity contribution is 5.94. The second-order valence-corrected chi connectivity index (χ2v) is 7.36. The van der Waals surface area contributed by atoms with E-state index < -0.39 is 0 Å². The molecule has 2 aliphatic rings. The topological polar surface area (TPSA) is 74.0 Å². The number of hydrogen-bond acceptors (Lipinski definition) is 6. The van der Waals surface area contributed by atoms with Gasteiger partial charge in [0.15, 0.2) is 6.29 Å². The molecule has 1 aromatic heterocycles. The molecule has 4 rings (SSSR count). The molecule has 2 fully saturated rings. The van der Waals surface area contributed by atoms with Gasteiger partial charge in [-0.15, -0.1) is 0 Å². The second kappa shape index (κ2) is 8.32. The van der Waals surface area contributed by atoms with Crippen molar-refractivity contribution >= 4 is 5.91 Å². The fourth-order valence-corrected chi connectivity index (χ4v) is 3.79. The highest BCUT2D eigenvalue weighted by Gasteiger charge is 2.32. The molecule has 1 amide bonds. The Bertz CT molecular complexity index is 800. The second-order valence-electron chi connectivity index (χ2n) is 7.36. The largest absolute Gasteiger partial charge is 0.489 e. The zero-order valence-corrected chi connectivity index (χ0v) is 16.3. The molecule has 0 radical (unpaired) electrons. The van der Waals surface area contributed by atoms with Gasteiger partial charge in [0.05, 0.1) is 24.5 Å². The lowest BCUT2D eigenvalue weighted by Crippen LogP contribution is -2.41. The van der Waals surface area contributed by atoms with Crippen LogP contribution >= 0.6 is 0 Å². The van der Waals surface area contributed by atoms with E-state index in [0.717, 1.165) is 42.9 Å². The summed E-state index contributed by atoms with van der Waals surface area (Å²) in [4.78, 5) is 14.8. The highest BCUT2D eigenvalue weighted by Crippen LogP contribution is 2.27. The van der Waals surface area contributed by atoms with E-state index in [9.17, 15) is 4.79 Å². The molecule has 0 spiro atoms. The summed E-state index contributed by atoms with van der Waals surface area (Å²) in [5.74, 6) is 1.82. The molecule has 0 atom stereocenters. The van der Waals surface area contributed by atoms with Gasteiger partial charge in [0.25, 0.3) is 5.91 Å². The average Bonchev–Trinajstić information content (AvgIpc) is 3.37. The van der Waals surface area contributed by atoms with Crippen LogP contribution in [0.5, 0.6) is 5.75 Å². The van der Waals surface area contributed by atoms with Gasteiger partial charge in [0, 0.05) is 24.6 Å². The standard InChI is InChI=1S/C21H26N2O5/c1-14-19(15(2)28-22-14)13-27-18-5-3-4-17(12-18)20(24)23-8-6-16(7-9-23)21-25-10-11-26-21/h3-5,12,16,21H,6-11,13H2,1-2H3. The van der Waals surface area contributed by atoms with Gasteiger partial charge in [-0.05, 0) is 44.9 Å². The van der Waals surface area contributed by atoms with Crippen LogP contribution in [0.2, 0.25) is 0 Å². The number of amides is 1. The molecule has 0 unspecified atom stereocenters. The van der Waals surface area contributed by atoms with Gasteiger partial charge < -0.3 is 23.6 Å². The van der Waals surface area contributed by atoms with E-state index in [1.54, 1.807) is 6.07 Å². The van der Waals surface area contributed by atoms with Crippen molar-refractivity contribution < 1.29 is 23.5 Å². The number of aromatic nitrogens is 1. The number of aryl methyl sites for hydroxylation is 2. The van der Waals surface area contributed by atoms with E-state index in [1.807, 2.05) is 36.9 Å². The molecule has 0 N–H and O–H groups in total. The first kappa shape index (κ1) is 19.0. The van der Waals surface area contributed by atoms with Crippen molar-refractivity contribution in [2.75, 3.05) is 26.3 Å². The Balaban J connectivity index is 1.35. The van der Waals surface area contributed by atoms with Gasteiger partial charge in [-0.2, -0.15) is 0 Å². The van der Waals surface area contributed by atoms with Crippen LogP contribution in [-0.4, -0.2) is 48.6 Å². The summed E-state index contributed by atoms with van der Waals surface area (Å²) in [6.45, 7) is 6.90. The molecule has 7 nitrogen and oxygen atoms in total. The highest BCUT2D eigenvalue weighted by atomic mass is 16.7. The van der Waals surface area contributed by atoms with Crippen LogP contribution in [-0.2, 0) is 16.1 Å². The zero-order chi connectivity index (χ0) is 19.5. The molecular weight excluding hydrogens is 360 g/mol. The number of rotatable bonds is 5. The van der Waals surface area contributed by atoms with E-state index >= 15 is 0 Å². The zero-order valence-electron chi connectivity index (χ0n) is 16.3. The Hall–Kier alpha value is -2.38. The van der Waals surface area contributed by atoms with Crippen molar-refractivity contribution in [1.29, 1.82) is 0 Å². The Morgan fingerprint density at radius 3 is 2.64 bits per heavy atom. The van der Waals surface area contributed by atoms with Crippen molar-refractivity contribution in [1.82, 2.24) is 10.1 Å². The summed E-state index contributed by atoms with van der Waals surface area (Å²) >= 11 is 0. The number of benzene rings is 1. The summed E-state index contributed by atoms with van der Waals surface area (Å²) in [6, 6.07) is 7.34. The van der Waals surface area contributed by atoms with E-state index in [1.165, 1.54) is 0 Å². The number of hydrogen-bond donors (Lipinski definition) is 0. The Kier molecular flexibility index (Phi) is 5.64. The van der Waals surface area contributed by atoms with E-state index in [2.05, 4.69) is 5.16 Å². The number of nitrogens with zero attached hydrogens (tertiary/aromatic N) is 2. The summed E-state index contributed by atoms with van der Waals surface area (Å²) in [6.07, 6.45) is 1.70. The molecule has 0 saturated carbocycles. The molecule has 2 saturated heterocycles. The van der Waals surface area contributed by atoms with E-state index in [4.69, 9.17) is 18.7 Å². The van der Waals surface area contributed by atoms with Crippen LogP contribution < -0.4 is 4.74 Å². The summed E-state index contributed by atoms with van der Waals surface area (Å²) in [7, 11) is 0. The first-order valence-corrected chi connectivity index (χ1v) is 9.79. The number of ether oxygens (including phenoxy) is 3. The van der Waals surface area contributed by atoms with Crippen molar-refractivity contribution in [3.8, 4) is 5.75 Å². The minimum atomic E-state index is -0.0988. The Morgan fingerprint density at radius 1 is 1.21 bits per heavy atom. The fraction of sp³-hybridized carbons (Fsp3) is 0.524. The van der Waals surface area contributed by atoms with Crippen LogP contribution in [0, 0.1) is 19.8 Å². The first-order valence-electron chi connectivity index (χ1n) is 9.79. The van der Waals surface area contributed by atoms with Gasteiger partial charge in [0.1, 0.15) is 18.1 Å². The van der Waals surface area contributed by atoms with Crippen molar-refractivity contribution in [3.63, 3.8) is 0 Å². The third-order valence-electron chi connectivity index (χ3n) is 5.50. The van der Waals surface area contributed by atoms with Crippen molar-refractivity contribution in [2.45, 2.75) is 39.6 Å². The lowest BCUT2D eigenvalue weighted by atomic mass is 9.95. The van der Waals surface area contributed by atoms with Crippen LogP contribution in [0.1, 0.15) is 40.2 Å². The summed E-state index contributed by atoms with van der Waals surface area (Å²) < 4.78 is 22.3. The van der Waals surface area contributed by atoms with Gasteiger partial charge in [-0.3, -0.25) is 4.79 Å². The lowest BCUT2D eigenvalue weighted by Gasteiger charge is -2.33. The molecule has 3 heterocycles. The quantitative estimate of drug-likeness (QED) is 0.786. The maximum atomic E-state index is 12.9. The molecule has 2 aromatic rings. The lowest BCUT2D eigenvalue weighted by molar-refractivity contribution is -0.0956. The van der Waals surface area contributed by atoms with Crippen molar-refractivity contribution in [3.05, 3.63) is 46.8 Å². The molecular formula is C21H26N2O5. The smallest absolute Gasteiger partial charge is 0.253 e. The maximum absolute atomic E-state index is 12.9. The predicted molar refractivity (Wildman–Crippen MR) is 101 cm³/mol. The maximum Gasteiger partial charge on any atom is 0.253 e. The number of piperidine rings is 1. The summed E-state index contributed by atoms with van der Waals surface area (Å²) in [5, 5.41) is 3.94. The molecule has 2 aliphatic heterocycles. The van der Waals surface area contributed by atoms with E-state index in [-0.39, 0.29) is 12.2 Å². The minimum Gasteiger partial charge on any atom is -0.489 e. The van der Waals surface area contributed by atoms with Gasteiger partial charge in [0.2, 0.25) is 0 Å². The number of carbonyl (C=O) groups excluding carboxylic acids is 1. The third kappa shape index (κ3) is 4.05. The molecule has 1 aromatic carbocycles. The first-order chi connectivity index (χ1) is 13.6. The van der Waals surface area contributed by atoms with Gasteiger partial charge in [-0.25, -0.2) is 0 Å². The SMILES string of the molecule is Cc1noc(C)c1COc1cccc(C(=O)N2CCC(C3OCCO3)CC2)c1. The predicted octanol–water partition coefficient (Wildman–Crippen LogP) is 3.10. The van der Waals surface area contributed by atoms with Crippen LogP contribution in [0.3, 0.4) is 0 Å². The van der Waals surface area contributed by atoms with Gasteiger partial charge in [-0.1, -0.05) is 11.2 Å². The third-order valence-corrected chi connectivity index (χ3v) is 5.50. The molecule has 7 heteroatoms. The molecule has 28 heavy (non-hydrogen) atoms. The monoisotopic (exact) mass is 386 g/mol. The molecule has 0 aliphatic carbocycles. The van der Waals surface area contributed by atoms with Crippen LogP contribution in [0.15, 0.2) is 28.8 Å². The average molecular weight is 386 g/mol. The minimum absolute atomic E-state index is 0.0366. The fourth-order valence-electron chi connectivity index (χ4n) is 3.79.